The summed E-state index contributed by atoms with van der Waals surface area (Å²) in [4.78, 5) is 0. The van der Waals surface area contributed by atoms with Crippen molar-refractivity contribution < 1.29 is 9.47 Å². The third-order valence-electron chi connectivity index (χ3n) is 2.80. The molecule has 0 spiro atoms. The van der Waals surface area contributed by atoms with Crippen molar-refractivity contribution in [1.29, 1.82) is 0 Å². The van der Waals surface area contributed by atoms with Gasteiger partial charge in [-0.25, -0.2) is 0 Å². The lowest BCUT2D eigenvalue weighted by Gasteiger charge is -2.06. The summed E-state index contributed by atoms with van der Waals surface area (Å²) in [5.41, 5.74) is 2.34. The molecule has 1 aromatic heterocycles. The lowest BCUT2D eigenvalue weighted by Crippen LogP contribution is -1.96. The van der Waals surface area contributed by atoms with Crippen molar-refractivity contribution in [2.75, 3.05) is 13.2 Å². The first-order chi connectivity index (χ1) is 7.36. The Balaban J connectivity index is 2.17. The largest absolute Gasteiger partial charge is 0.350 e. The van der Waals surface area contributed by atoms with Crippen molar-refractivity contribution in [3.63, 3.8) is 0 Å². The fourth-order valence-corrected chi connectivity index (χ4v) is 2.10. The van der Waals surface area contributed by atoms with Crippen LogP contribution in [0.5, 0.6) is 0 Å². The van der Waals surface area contributed by atoms with Crippen molar-refractivity contribution in [2.24, 2.45) is 7.05 Å². The molecule has 0 N–H and O–H groups in total. The standard InChI is InChI=1S/C12H13NO2/c1-13-8-10(12-14-6-7-15-12)9-4-2-3-5-11(9)13/h2-5,8,12H,6-7H2,1H3. The minimum atomic E-state index is -0.184. The third-order valence-corrected chi connectivity index (χ3v) is 2.80. The summed E-state index contributed by atoms with van der Waals surface area (Å²) in [7, 11) is 2.04. The van der Waals surface area contributed by atoms with Crippen LogP contribution >= 0.6 is 0 Å². The van der Waals surface area contributed by atoms with E-state index in [-0.39, 0.29) is 6.29 Å². The number of aromatic nitrogens is 1. The second-order valence-electron chi connectivity index (χ2n) is 3.79. The van der Waals surface area contributed by atoms with Gasteiger partial charge in [-0.2, -0.15) is 0 Å². The number of nitrogens with zero attached hydrogens (tertiary/aromatic N) is 1. The molecular formula is C12H13NO2. The molecule has 3 heteroatoms. The van der Waals surface area contributed by atoms with Crippen molar-refractivity contribution in [1.82, 2.24) is 4.57 Å². The zero-order valence-corrected chi connectivity index (χ0v) is 8.64. The molecule has 0 amide bonds. The number of para-hydroxylation sites is 1. The average molecular weight is 203 g/mol. The zero-order valence-electron chi connectivity index (χ0n) is 8.64. The van der Waals surface area contributed by atoms with Crippen LogP contribution in [0.2, 0.25) is 0 Å². The van der Waals surface area contributed by atoms with E-state index >= 15 is 0 Å². The Bertz CT molecular complexity index is 483. The fourth-order valence-electron chi connectivity index (χ4n) is 2.10. The van der Waals surface area contributed by atoms with E-state index in [0.29, 0.717) is 13.2 Å². The van der Waals surface area contributed by atoms with E-state index in [9.17, 15) is 0 Å². The predicted octanol–water partition coefficient (Wildman–Crippen LogP) is 2.22. The van der Waals surface area contributed by atoms with Gasteiger partial charge in [0.25, 0.3) is 0 Å². The topological polar surface area (TPSA) is 23.4 Å². The number of ether oxygens (including phenoxy) is 2. The van der Waals surface area contributed by atoms with Gasteiger partial charge in [0.2, 0.25) is 0 Å². The fraction of sp³-hybridized carbons (Fsp3) is 0.333. The van der Waals surface area contributed by atoms with Crippen LogP contribution in [0, 0.1) is 0 Å². The van der Waals surface area contributed by atoms with E-state index < -0.39 is 0 Å². The Morgan fingerprint density at radius 1 is 1.20 bits per heavy atom. The summed E-state index contributed by atoms with van der Waals surface area (Å²) in [6, 6.07) is 8.30. The summed E-state index contributed by atoms with van der Waals surface area (Å²) < 4.78 is 13.2. The van der Waals surface area contributed by atoms with E-state index in [2.05, 4.69) is 22.9 Å². The molecule has 0 unspecified atom stereocenters. The lowest BCUT2D eigenvalue weighted by molar-refractivity contribution is -0.0430. The smallest absolute Gasteiger partial charge is 0.186 e. The molecule has 1 aromatic carbocycles. The van der Waals surface area contributed by atoms with Crippen LogP contribution in [0.25, 0.3) is 10.9 Å². The molecule has 0 radical (unpaired) electrons. The number of hydrogen-bond donors (Lipinski definition) is 0. The molecule has 1 aliphatic heterocycles. The van der Waals surface area contributed by atoms with E-state index in [0.717, 1.165) is 5.56 Å². The number of rotatable bonds is 1. The number of hydrogen-bond acceptors (Lipinski definition) is 2. The van der Waals surface area contributed by atoms with Gasteiger partial charge in [0.05, 0.1) is 13.2 Å². The molecule has 2 heterocycles. The van der Waals surface area contributed by atoms with Crippen molar-refractivity contribution in [3.05, 3.63) is 36.0 Å². The molecule has 0 bridgehead atoms. The van der Waals surface area contributed by atoms with E-state index in [4.69, 9.17) is 9.47 Å². The summed E-state index contributed by atoms with van der Waals surface area (Å²) in [6.45, 7) is 1.38. The molecule has 0 atom stereocenters. The molecule has 1 aliphatic rings. The van der Waals surface area contributed by atoms with Gasteiger partial charge in [-0.15, -0.1) is 0 Å². The van der Waals surface area contributed by atoms with Gasteiger partial charge >= 0.3 is 0 Å². The summed E-state index contributed by atoms with van der Waals surface area (Å²) in [6.07, 6.45) is 1.90. The highest BCUT2D eigenvalue weighted by atomic mass is 16.7. The first-order valence-corrected chi connectivity index (χ1v) is 5.13. The Labute approximate surface area is 88.2 Å². The van der Waals surface area contributed by atoms with E-state index in [1.165, 1.54) is 10.9 Å². The number of fused-ring (bicyclic) bond motifs is 1. The second-order valence-corrected chi connectivity index (χ2v) is 3.79. The quantitative estimate of drug-likeness (QED) is 0.709. The van der Waals surface area contributed by atoms with Crippen LogP contribution in [-0.4, -0.2) is 17.8 Å². The summed E-state index contributed by atoms with van der Waals surface area (Å²) in [5, 5.41) is 1.21. The molecule has 3 nitrogen and oxygen atoms in total. The monoisotopic (exact) mass is 203 g/mol. The van der Waals surface area contributed by atoms with Gasteiger partial charge in [-0.05, 0) is 6.07 Å². The Kier molecular flexibility index (Phi) is 2.01. The molecule has 1 fully saturated rings. The first-order valence-electron chi connectivity index (χ1n) is 5.13. The van der Waals surface area contributed by atoms with Crippen LogP contribution < -0.4 is 0 Å². The van der Waals surface area contributed by atoms with Crippen molar-refractivity contribution in [2.45, 2.75) is 6.29 Å². The average Bonchev–Trinajstić information content (AvgIpc) is 2.87. The van der Waals surface area contributed by atoms with Gasteiger partial charge in [-0.3, -0.25) is 0 Å². The zero-order chi connectivity index (χ0) is 10.3. The molecule has 15 heavy (non-hydrogen) atoms. The predicted molar refractivity (Wildman–Crippen MR) is 57.6 cm³/mol. The maximum absolute atomic E-state index is 5.52. The van der Waals surface area contributed by atoms with Crippen LogP contribution in [-0.2, 0) is 16.5 Å². The SMILES string of the molecule is Cn1cc(C2OCCO2)c2ccccc21. The lowest BCUT2D eigenvalue weighted by atomic mass is 10.2. The number of benzene rings is 1. The highest BCUT2D eigenvalue weighted by Crippen LogP contribution is 2.30. The molecule has 1 saturated heterocycles. The van der Waals surface area contributed by atoms with Gasteiger partial charge < -0.3 is 14.0 Å². The highest BCUT2D eigenvalue weighted by Gasteiger charge is 2.21. The van der Waals surface area contributed by atoms with E-state index in [1.54, 1.807) is 0 Å². The molecule has 3 rings (SSSR count). The van der Waals surface area contributed by atoms with Crippen LogP contribution in [0.1, 0.15) is 11.9 Å². The van der Waals surface area contributed by atoms with Gasteiger partial charge in [0.1, 0.15) is 0 Å². The molecule has 0 saturated carbocycles. The Morgan fingerprint density at radius 3 is 2.73 bits per heavy atom. The van der Waals surface area contributed by atoms with Crippen LogP contribution in [0.15, 0.2) is 30.5 Å². The normalized spacial score (nSPS) is 17.7. The van der Waals surface area contributed by atoms with Crippen LogP contribution in [0.4, 0.5) is 0 Å². The minimum Gasteiger partial charge on any atom is -0.350 e. The first kappa shape index (κ1) is 8.95. The maximum atomic E-state index is 5.52. The molecular weight excluding hydrogens is 190 g/mol. The number of aryl methyl sites for hydroxylation is 1. The van der Waals surface area contributed by atoms with Gasteiger partial charge in [-0.1, -0.05) is 18.2 Å². The van der Waals surface area contributed by atoms with Crippen molar-refractivity contribution >= 4 is 10.9 Å². The maximum Gasteiger partial charge on any atom is 0.186 e. The van der Waals surface area contributed by atoms with Crippen molar-refractivity contribution in [3.8, 4) is 0 Å². The van der Waals surface area contributed by atoms with Gasteiger partial charge in [0, 0.05) is 29.7 Å². The summed E-state index contributed by atoms with van der Waals surface area (Å²) in [5.74, 6) is 0. The molecule has 2 aromatic rings. The minimum absolute atomic E-state index is 0.184. The Hall–Kier alpha value is -1.32. The third kappa shape index (κ3) is 1.35. The molecule has 78 valence electrons. The summed E-state index contributed by atoms with van der Waals surface area (Å²) >= 11 is 0. The molecule has 0 aliphatic carbocycles. The highest BCUT2D eigenvalue weighted by molar-refractivity contribution is 5.84. The second kappa shape index (κ2) is 3.36. The van der Waals surface area contributed by atoms with Crippen LogP contribution in [0.3, 0.4) is 0 Å². The van der Waals surface area contributed by atoms with Gasteiger partial charge in [0.15, 0.2) is 6.29 Å². The van der Waals surface area contributed by atoms with E-state index in [1.807, 2.05) is 19.2 Å². The Morgan fingerprint density at radius 2 is 1.93 bits per heavy atom.